The first-order valence-electron chi connectivity index (χ1n) is 9.27. The normalized spacial score (nSPS) is 11.0. The Bertz CT molecular complexity index is 1130. The van der Waals surface area contributed by atoms with E-state index in [0.717, 1.165) is 17.1 Å². The number of carbonyl (C=O) groups excluding carboxylic acids is 1. The van der Waals surface area contributed by atoms with Gasteiger partial charge in [-0.3, -0.25) is 4.79 Å². The second kappa shape index (κ2) is 7.79. The minimum Gasteiger partial charge on any atom is -0.467 e. The lowest BCUT2D eigenvalue weighted by atomic mass is 10.1. The number of halogens is 1. The van der Waals surface area contributed by atoms with Crippen molar-refractivity contribution in [1.29, 1.82) is 0 Å². The average Bonchev–Trinajstić information content (AvgIpc) is 3.45. The van der Waals surface area contributed by atoms with Crippen molar-refractivity contribution in [1.82, 2.24) is 19.4 Å². The van der Waals surface area contributed by atoms with E-state index in [1.165, 1.54) is 6.07 Å². The van der Waals surface area contributed by atoms with Crippen LogP contribution in [0.5, 0.6) is 0 Å². The van der Waals surface area contributed by atoms with Crippen LogP contribution in [-0.4, -0.2) is 20.0 Å². The summed E-state index contributed by atoms with van der Waals surface area (Å²) < 4.78 is 23.4. The van der Waals surface area contributed by atoms with Crippen molar-refractivity contribution in [2.24, 2.45) is 0 Å². The number of imidazole rings is 1. The zero-order chi connectivity index (χ0) is 20.4. The molecule has 0 radical (unpaired) electrons. The van der Waals surface area contributed by atoms with Gasteiger partial charge in [0.05, 0.1) is 30.4 Å². The van der Waals surface area contributed by atoms with Gasteiger partial charge in [0.15, 0.2) is 0 Å². The molecule has 148 valence electrons. The first-order chi connectivity index (χ1) is 14.0. The zero-order valence-electron chi connectivity index (χ0n) is 16.2. The van der Waals surface area contributed by atoms with Crippen LogP contribution < -0.4 is 5.32 Å². The second-order valence-electron chi connectivity index (χ2n) is 6.89. The third kappa shape index (κ3) is 3.85. The summed E-state index contributed by atoms with van der Waals surface area (Å²) in [6, 6.07) is 10.5. The molecule has 0 bridgehead atoms. The van der Waals surface area contributed by atoms with Gasteiger partial charge in [0.25, 0.3) is 5.91 Å². The number of rotatable bonds is 6. The van der Waals surface area contributed by atoms with Gasteiger partial charge in [0, 0.05) is 30.3 Å². The Balaban J connectivity index is 1.45. The highest BCUT2D eigenvalue weighted by Gasteiger charge is 2.16. The van der Waals surface area contributed by atoms with Crippen molar-refractivity contribution in [3.8, 4) is 5.69 Å². The molecule has 4 rings (SSSR count). The summed E-state index contributed by atoms with van der Waals surface area (Å²) in [6.07, 6.45) is 6.45. The molecule has 1 N–H and O–H groups in total. The van der Waals surface area contributed by atoms with E-state index < -0.39 is 0 Å². The lowest BCUT2D eigenvalue weighted by molar-refractivity contribution is 0.0950. The number of benzene rings is 1. The number of furan rings is 1. The molecular weight excluding hydrogens is 371 g/mol. The van der Waals surface area contributed by atoms with E-state index >= 15 is 0 Å². The third-order valence-electron chi connectivity index (χ3n) is 4.96. The monoisotopic (exact) mass is 392 g/mol. The van der Waals surface area contributed by atoms with Gasteiger partial charge in [-0.2, -0.15) is 0 Å². The minimum absolute atomic E-state index is 0.192. The Labute approximate surface area is 167 Å². The SMILES string of the molecule is Cc1cc(C(=O)NCc2ccc(-n3ccnc3)c(F)c2)c(C)n1Cc1ccco1. The van der Waals surface area contributed by atoms with Crippen LogP contribution in [0.2, 0.25) is 0 Å². The Morgan fingerprint density at radius 2 is 2.10 bits per heavy atom. The summed E-state index contributed by atoms with van der Waals surface area (Å²) in [7, 11) is 0. The highest BCUT2D eigenvalue weighted by atomic mass is 19.1. The van der Waals surface area contributed by atoms with E-state index in [-0.39, 0.29) is 18.3 Å². The summed E-state index contributed by atoms with van der Waals surface area (Å²) in [6.45, 7) is 4.67. The molecule has 0 aliphatic heterocycles. The molecule has 29 heavy (non-hydrogen) atoms. The minimum atomic E-state index is -0.369. The number of aryl methyl sites for hydroxylation is 1. The van der Waals surface area contributed by atoms with Gasteiger partial charge < -0.3 is 18.9 Å². The molecule has 0 aliphatic carbocycles. The standard InChI is InChI=1S/C22H21FN4O2/c1-15-10-19(16(2)27(15)13-18-4-3-9-29-18)22(28)25-12-17-5-6-21(20(23)11-17)26-8-7-24-14-26/h3-11,14H,12-13H2,1-2H3,(H,25,28). The largest absolute Gasteiger partial charge is 0.467 e. The van der Waals surface area contributed by atoms with Crippen LogP contribution in [0.25, 0.3) is 5.69 Å². The average molecular weight is 392 g/mol. The molecule has 0 saturated carbocycles. The number of hydrogen-bond acceptors (Lipinski definition) is 3. The van der Waals surface area contributed by atoms with Gasteiger partial charge in [0.2, 0.25) is 0 Å². The smallest absolute Gasteiger partial charge is 0.253 e. The van der Waals surface area contributed by atoms with Crippen molar-refractivity contribution >= 4 is 5.91 Å². The fourth-order valence-electron chi connectivity index (χ4n) is 3.38. The summed E-state index contributed by atoms with van der Waals surface area (Å²) in [4.78, 5) is 16.6. The topological polar surface area (TPSA) is 65.0 Å². The van der Waals surface area contributed by atoms with Gasteiger partial charge in [0.1, 0.15) is 11.6 Å². The quantitative estimate of drug-likeness (QED) is 0.539. The fraction of sp³-hybridized carbons (Fsp3) is 0.182. The number of amides is 1. The molecule has 0 aliphatic rings. The van der Waals surface area contributed by atoms with E-state index in [1.54, 1.807) is 41.7 Å². The van der Waals surface area contributed by atoms with E-state index in [9.17, 15) is 9.18 Å². The molecule has 0 unspecified atom stereocenters. The Kier molecular flexibility index (Phi) is 5.03. The van der Waals surface area contributed by atoms with Crippen LogP contribution in [0.4, 0.5) is 4.39 Å². The highest BCUT2D eigenvalue weighted by Crippen LogP contribution is 2.18. The lowest BCUT2D eigenvalue weighted by Gasteiger charge is -2.10. The van der Waals surface area contributed by atoms with E-state index in [0.29, 0.717) is 23.4 Å². The van der Waals surface area contributed by atoms with Gasteiger partial charge in [-0.15, -0.1) is 0 Å². The molecule has 0 spiro atoms. The second-order valence-corrected chi connectivity index (χ2v) is 6.89. The maximum atomic E-state index is 14.4. The van der Waals surface area contributed by atoms with Crippen LogP contribution in [0.1, 0.15) is 33.1 Å². The molecule has 1 aromatic carbocycles. The van der Waals surface area contributed by atoms with Crippen molar-refractivity contribution in [3.63, 3.8) is 0 Å². The predicted octanol–water partition coefficient (Wildman–Crippen LogP) is 4.00. The number of hydrogen-bond donors (Lipinski definition) is 1. The molecule has 7 heteroatoms. The molecule has 0 saturated heterocycles. The van der Waals surface area contributed by atoms with Gasteiger partial charge in [-0.05, 0) is 49.7 Å². The van der Waals surface area contributed by atoms with E-state index in [2.05, 4.69) is 10.3 Å². The Morgan fingerprint density at radius 3 is 2.79 bits per heavy atom. The van der Waals surface area contributed by atoms with Crippen molar-refractivity contribution in [2.45, 2.75) is 26.9 Å². The Morgan fingerprint density at radius 1 is 1.24 bits per heavy atom. The summed E-state index contributed by atoms with van der Waals surface area (Å²) >= 11 is 0. The number of nitrogens with zero attached hydrogens (tertiary/aromatic N) is 3. The summed E-state index contributed by atoms with van der Waals surface area (Å²) in [5.41, 5.74) is 3.53. The number of carbonyl (C=O) groups is 1. The molecule has 0 fully saturated rings. The van der Waals surface area contributed by atoms with Crippen LogP contribution in [0, 0.1) is 19.7 Å². The van der Waals surface area contributed by atoms with Crippen molar-refractivity contribution in [2.75, 3.05) is 0 Å². The molecule has 3 heterocycles. The fourth-order valence-corrected chi connectivity index (χ4v) is 3.38. The van der Waals surface area contributed by atoms with Crippen LogP contribution in [-0.2, 0) is 13.1 Å². The van der Waals surface area contributed by atoms with E-state index in [4.69, 9.17) is 4.42 Å². The molecule has 3 aromatic heterocycles. The summed E-state index contributed by atoms with van der Waals surface area (Å²) in [5.74, 6) is 0.265. The first-order valence-corrected chi connectivity index (χ1v) is 9.27. The molecule has 4 aromatic rings. The zero-order valence-corrected chi connectivity index (χ0v) is 16.2. The lowest BCUT2D eigenvalue weighted by Crippen LogP contribution is -2.23. The Hall–Kier alpha value is -3.61. The van der Waals surface area contributed by atoms with E-state index in [1.807, 2.05) is 36.6 Å². The molecular formula is C22H21FN4O2. The highest BCUT2D eigenvalue weighted by molar-refractivity contribution is 5.95. The first kappa shape index (κ1) is 18.7. The van der Waals surface area contributed by atoms with Crippen LogP contribution in [0.15, 0.2) is 65.8 Å². The van der Waals surface area contributed by atoms with Crippen LogP contribution in [0.3, 0.4) is 0 Å². The third-order valence-corrected chi connectivity index (χ3v) is 4.96. The summed E-state index contributed by atoms with van der Waals surface area (Å²) in [5, 5.41) is 2.88. The van der Waals surface area contributed by atoms with Crippen molar-refractivity contribution < 1.29 is 13.6 Å². The molecule has 6 nitrogen and oxygen atoms in total. The van der Waals surface area contributed by atoms with Gasteiger partial charge in [-0.25, -0.2) is 9.37 Å². The predicted molar refractivity (Wildman–Crippen MR) is 106 cm³/mol. The maximum Gasteiger partial charge on any atom is 0.253 e. The number of aromatic nitrogens is 3. The number of nitrogens with one attached hydrogen (secondary N) is 1. The molecule has 0 atom stereocenters. The van der Waals surface area contributed by atoms with Gasteiger partial charge >= 0.3 is 0 Å². The van der Waals surface area contributed by atoms with Gasteiger partial charge in [-0.1, -0.05) is 6.07 Å². The maximum absolute atomic E-state index is 14.4. The van der Waals surface area contributed by atoms with Crippen molar-refractivity contribution in [3.05, 3.63) is 95.5 Å². The molecule has 1 amide bonds. The van der Waals surface area contributed by atoms with Crippen LogP contribution >= 0.6 is 0 Å².